The van der Waals surface area contributed by atoms with E-state index < -0.39 is 0 Å². The van der Waals surface area contributed by atoms with Gasteiger partial charge < -0.3 is 18.8 Å². The summed E-state index contributed by atoms with van der Waals surface area (Å²) < 4.78 is 7.71. The van der Waals surface area contributed by atoms with Crippen LogP contribution in [-0.4, -0.2) is 50.7 Å². The predicted octanol–water partition coefficient (Wildman–Crippen LogP) is 2.87. The number of aromatic nitrogens is 4. The highest BCUT2D eigenvalue weighted by molar-refractivity contribution is 6.31. The summed E-state index contributed by atoms with van der Waals surface area (Å²) in [5.74, 6) is 1.15. The monoisotopic (exact) mass is 402 g/mol. The molecule has 1 amide bonds. The Morgan fingerprint density at radius 3 is 3.07 bits per heavy atom. The molecule has 1 aromatic carbocycles. The summed E-state index contributed by atoms with van der Waals surface area (Å²) in [7, 11) is 3.68. The zero-order valence-corrected chi connectivity index (χ0v) is 16.8. The Balaban J connectivity index is 1.39. The van der Waals surface area contributed by atoms with Crippen LogP contribution in [-0.2, 0) is 18.4 Å². The van der Waals surface area contributed by atoms with Gasteiger partial charge in [0.05, 0.1) is 6.54 Å². The van der Waals surface area contributed by atoms with Crippen molar-refractivity contribution in [3.8, 4) is 0 Å². The van der Waals surface area contributed by atoms with E-state index >= 15 is 0 Å². The first-order valence-electron chi connectivity index (χ1n) is 9.37. The number of amides is 1. The molecular formula is C19H23ClN6O2. The molecule has 1 atom stereocenters. The first-order chi connectivity index (χ1) is 13.5. The Morgan fingerprint density at radius 2 is 2.29 bits per heavy atom. The van der Waals surface area contributed by atoms with E-state index in [1.807, 2.05) is 24.7 Å². The lowest BCUT2D eigenvalue weighted by Crippen LogP contribution is -2.38. The van der Waals surface area contributed by atoms with Crippen molar-refractivity contribution in [1.82, 2.24) is 24.6 Å². The Morgan fingerprint density at radius 1 is 1.43 bits per heavy atom. The third kappa shape index (κ3) is 3.96. The van der Waals surface area contributed by atoms with E-state index in [2.05, 4.69) is 20.1 Å². The van der Waals surface area contributed by atoms with Gasteiger partial charge in [-0.05, 0) is 30.9 Å². The van der Waals surface area contributed by atoms with Crippen molar-refractivity contribution < 1.29 is 9.21 Å². The molecule has 0 saturated carbocycles. The van der Waals surface area contributed by atoms with Gasteiger partial charge in [-0.25, -0.2) is 0 Å². The molecule has 0 N–H and O–H groups in total. The number of piperidine rings is 1. The topological polar surface area (TPSA) is 80.3 Å². The molecule has 3 heterocycles. The number of anilines is 1. The van der Waals surface area contributed by atoms with Crippen LogP contribution in [0.5, 0.6) is 0 Å². The second kappa shape index (κ2) is 7.79. The van der Waals surface area contributed by atoms with Crippen molar-refractivity contribution in [2.24, 2.45) is 13.0 Å². The molecule has 3 aromatic rings. The molecule has 1 aliphatic heterocycles. The highest BCUT2D eigenvalue weighted by Gasteiger charge is 2.26. The Labute approximate surface area is 168 Å². The quantitative estimate of drug-likeness (QED) is 0.652. The lowest BCUT2D eigenvalue weighted by atomic mass is 9.94. The summed E-state index contributed by atoms with van der Waals surface area (Å²) in [5, 5.41) is 8.53. The van der Waals surface area contributed by atoms with Gasteiger partial charge in [0.25, 0.3) is 6.01 Å². The SMILES string of the molecule is CN(Cc1nncn1C)C(=O)CC1CCCN(c2nc3ccc(Cl)cc3o2)C1. The maximum Gasteiger partial charge on any atom is 0.298 e. The van der Waals surface area contributed by atoms with E-state index in [9.17, 15) is 4.79 Å². The third-order valence-electron chi connectivity index (χ3n) is 5.20. The number of aryl methyl sites for hydroxylation is 1. The number of nitrogens with zero attached hydrogens (tertiary/aromatic N) is 6. The summed E-state index contributed by atoms with van der Waals surface area (Å²) in [6, 6.07) is 6.04. The van der Waals surface area contributed by atoms with Crippen LogP contribution in [0, 0.1) is 5.92 Å². The van der Waals surface area contributed by atoms with Crippen molar-refractivity contribution >= 4 is 34.6 Å². The Hall–Kier alpha value is -2.61. The number of fused-ring (bicyclic) bond motifs is 1. The third-order valence-corrected chi connectivity index (χ3v) is 5.44. The molecule has 2 aromatic heterocycles. The van der Waals surface area contributed by atoms with Crippen LogP contribution in [0.2, 0.25) is 5.02 Å². The molecule has 0 radical (unpaired) electrons. The number of hydrogen-bond donors (Lipinski definition) is 0. The van der Waals surface area contributed by atoms with Gasteiger partial charge in [0.15, 0.2) is 11.4 Å². The maximum atomic E-state index is 12.7. The number of hydrogen-bond acceptors (Lipinski definition) is 6. The van der Waals surface area contributed by atoms with Gasteiger partial charge >= 0.3 is 0 Å². The van der Waals surface area contributed by atoms with Gasteiger partial charge in [-0.2, -0.15) is 4.98 Å². The fourth-order valence-corrected chi connectivity index (χ4v) is 3.74. The van der Waals surface area contributed by atoms with Crippen molar-refractivity contribution in [3.63, 3.8) is 0 Å². The van der Waals surface area contributed by atoms with E-state index in [1.54, 1.807) is 23.4 Å². The second-order valence-electron chi connectivity index (χ2n) is 7.37. The molecule has 0 spiro atoms. The minimum absolute atomic E-state index is 0.110. The highest BCUT2D eigenvalue weighted by atomic mass is 35.5. The number of halogens is 1. The first kappa shape index (κ1) is 18.7. The van der Waals surface area contributed by atoms with Gasteiger partial charge in [0, 0.05) is 44.7 Å². The largest absolute Gasteiger partial charge is 0.423 e. The van der Waals surface area contributed by atoms with E-state index in [0.29, 0.717) is 29.6 Å². The number of carbonyl (C=O) groups is 1. The minimum atomic E-state index is 0.110. The number of benzene rings is 1. The summed E-state index contributed by atoms with van der Waals surface area (Å²) >= 11 is 6.03. The standard InChI is InChI=1S/C19H23ClN6O2/c1-24(11-17-23-21-12-25(17)2)18(27)8-13-4-3-7-26(10-13)19-22-15-6-5-14(20)9-16(15)28-19/h5-6,9,12-13H,3-4,7-8,10-11H2,1-2H3. The van der Waals surface area contributed by atoms with Gasteiger partial charge in [-0.15, -0.1) is 10.2 Å². The van der Waals surface area contributed by atoms with Gasteiger partial charge in [-0.3, -0.25) is 4.79 Å². The zero-order valence-electron chi connectivity index (χ0n) is 16.0. The molecule has 4 rings (SSSR count). The van der Waals surface area contributed by atoms with Crippen LogP contribution < -0.4 is 4.90 Å². The molecule has 1 unspecified atom stereocenters. The van der Waals surface area contributed by atoms with Crippen LogP contribution in [0.1, 0.15) is 25.1 Å². The number of rotatable bonds is 5. The molecule has 28 heavy (non-hydrogen) atoms. The molecule has 1 saturated heterocycles. The fourth-order valence-electron chi connectivity index (χ4n) is 3.58. The first-order valence-corrected chi connectivity index (χ1v) is 9.75. The van der Waals surface area contributed by atoms with Crippen LogP contribution in [0.25, 0.3) is 11.1 Å². The van der Waals surface area contributed by atoms with E-state index in [0.717, 1.165) is 37.3 Å². The van der Waals surface area contributed by atoms with Crippen LogP contribution >= 0.6 is 11.6 Å². The lowest BCUT2D eigenvalue weighted by molar-refractivity contribution is -0.131. The zero-order chi connectivity index (χ0) is 19.7. The summed E-state index contributed by atoms with van der Waals surface area (Å²) in [4.78, 5) is 21.1. The number of carbonyl (C=O) groups excluding carboxylic acids is 1. The Bertz CT molecular complexity index is 984. The maximum absolute atomic E-state index is 12.7. The summed E-state index contributed by atoms with van der Waals surface area (Å²) in [5.41, 5.74) is 1.48. The average molecular weight is 403 g/mol. The summed E-state index contributed by atoms with van der Waals surface area (Å²) in [6.07, 6.45) is 4.16. The van der Waals surface area contributed by atoms with Gasteiger partial charge in [0.2, 0.25) is 5.91 Å². The molecule has 0 bridgehead atoms. The number of oxazole rings is 1. The lowest BCUT2D eigenvalue weighted by Gasteiger charge is -2.32. The molecule has 8 nitrogen and oxygen atoms in total. The second-order valence-corrected chi connectivity index (χ2v) is 7.81. The normalized spacial score (nSPS) is 17.2. The molecule has 1 aliphatic rings. The minimum Gasteiger partial charge on any atom is -0.423 e. The average Bonchev–Trinajstić information content (AvgIpc) is 3.27. The smallest absolute Gasteiger partial charge is 0.298 e. The van der Waals surface area contributed by atoms with E-state index in [-0.39, 0.29) is 11.8 Å². The van der Waals surface area contributed by atoms with Crippen LogP contribution in [0.15, 0.2) is 28.9 Å². The summed E-state index contributed by atoms with van der Waals surface area (Å²) in [6.45, 7) is 2.09. The Kier molecular flexibility index (Phi) is 5.21. The van der Waals surface area contributed by atoms with Crippen molar-refractivity contribution in [2.75, 3.05) is 25.0 Å². The van der Waals surface area contributed by atoms with Crippen LogP contribution in [0.4, 0.5) is 6.01 Å². The van der Waals surface area contributed by atoms with Crippen LogP contribution in [0.3, 0.4) is 0 Å². The molecule has 0 aliphatic carbocycles. The predicted molar refractivity (Wildman–Crippen MR) is 106 cm³/mol. The highest BCUT2D eigenvalue weighted by Crippen LogP contribution is 2.29. The fraction of sp³-hybridized carbons (Fsp3) is 0.474. The van der Waals surface area contributed by atoms with Crippen molar-refractivity contribution in [1.29, 1.82) is 0 Å². The van der Waals surface area contributed by atoms with Gasteiger partial charge in [-0.1, -0.05) is 11.6 Å². The van der Waals surface area contributed by atoms with Gasteiger partial charge in [0.1, 0.15) is 11.8 Å². The molecule has 148 valence electrons. The van der Waals surface area contributed by atoms with E-state index in [1.165, 1.54) is 0 Å². The molecule has 9 heteroatoms. The molecular weight excluding hydrogens is 380 g/mol. The molecule has 1 fully saturated rings. The van der Waals surface area contributed by atoms with Crippen molar-refractivity contribution in [2.45, 2.75) is 25.8 Å². The van der Waals surface area contributed by atoms with Crippen molar-refractivity contribution in [3.05, 3.63) is 35.4 Å². The van der Waals surface area contributed by atoms with E-state index in [4.69, 9.17) is 16.0 Å².